The Bertz CT molecular complexity index is 458. The van der Waals surface area contributed by atoms with Crippen molar-refractivity contribution in [3.8, 4) is 0 Å². The van der Waals surface area contributed by atoms with Crippen molar-refractivity contribution in [2.75, 3.05) is 6.54 Å². The van der Waals surface area contributed by atoms with Gasteiger partial charge in [-0.05, 0) is 47.0 Å². The molecule has 2 N–H and O–H groups in total. The highest BCUT2D eigenvalue weighted by Gasteiger charge is 2.31. The van der Waals surface area contributed by atoms with E-state index in [4.69, 9.17) is 0 Å². The first kappa shape index (κ1) is 13.5. The molecule has 1 aromatic rings. The van der Waals surface area contributed by atoms with Crippen molar-refractivity contribution < 1.29 is 14.3 Å². The molecule has 0 spiro atoms. The summed E-state index contributed by atoms with van der Waals surface area (Å²) in [6.45, 7) is 0.226. The molecule has 3 nitrogen and oxygen atoms in total. The molecular weight excluding hydrogens is 301 g/mol. The fraction of sp³-hybridized carbons (Fsp3) is 0.462. The number of halogens is 2. The summed E-state index contributed by atoms with van der Waals surface area (Å²) >= 11 is 3.03. The Morgan fingerprint density at radius 2 is 2.11 bits per heavy atom. The van der Waals surface area contributed by atoms with Crippen molar-refractivity contribution in [3.05, 3.63) is 34.1 Å². The molecule has 1 aliphatic rings. The van der Waals surface area contributed by atoms with Gasteiger partial charge in [-0.25, -0.2) is 4.39 Å². The Morgan fingerprint density at radius 3 is 2.72 bits per heavy atom. The van der Waals surface area contributed by atoms with E-state index >= 15 is 0 Å². The van der Waals surface area contributed by atoms with E-state index in [-0.39, 0.29) is 18.0 Å². The van der Waals surface area contributed by atoms with Crippen molar-refractivity contribution >= 4 is 21.8 Å². The van der Waals surface area contributed by atoms with Crippen LogP contribution in [-0.4, -0.2) is 23.2 Å². The summed E-state index contributed by atoms with van der Waals surface area (Å²) in [5, 5.41) is 12.7. The van der Waals surface area contributed by atoms with Gasteiger partial charge in [0, 0.05) is 12.1 Å². The van der Waals surface area contributed by atoms with E-state index in [1.54, 1.807) is 6.07 Å². The highest BCUT2D eigenvalue weighted by atomic mass is 79.9. The lowest BCUT2D eigenvalue weighted by Gasteiger charge is -2.22. The summed E-state index contributed by atoms with van der Waals surface area (Å²) in [6, 6.07) is 4.22. The van der Waals surface area contributed by atoms with Crippen LogP contribution in [0, 0.1) is 5.82 Å². The first-order valence-electron chi connectivity index (χ1n) is 5.96. The normalized spacial score (nSPS) is 17.7. The molecular formula is C13H15BrFNO2. The third kappa shape index (κ3) is 3.09. The van der Waals surface area contributed by atoms with Crippen LogP contribution in [0.2, 0.25) is 0 Å². The first-order chi connectivity index (χ1) is 8.50. The zero-order valence-corrected chi connectivity index (χ0v) is 11.5. The average molecular weight is 316 g/mol. The monoisotopic (exact) mass is 315 g/mol. The Morgan fingerprint density at radius 1 is 1.44 bits per heavy atom. The number of hydrogen-bond donors (Lipinski definition) is 2. The summed E-state index contributed by atoms with van der Waals surface area (Å²) in [4.78, 5) is 11.8. The van der Waals surface area contributed by atoms with Gasteiger partial charge in [-0.1, -0.05) is 12.8 Å². The number of rotatable bonds is 3. The van der Waals surface area contributed by atoms with E-state index in [9.17, 15) is 14.3 Å². The minimum Gasteiger partial charge on any atom is -0.388 e. The molecule has 2 rings (SSSR count). The van der Waals surface area contributed by atoms with Crippen LogP contribution in [0.1, 0.15) is 36.0 Å². The molecule has 1 aromatic carbocycles. The molecule has 1 saturated carbocycles. The van der Waals surface area contributed by atoms with E-state index in [0.717, 1.165) is 12.8 Å². The number of carbonyl (C=O) groups excluding carboxylic acids is 1. The Hall–Kier alpha value is -0.940. The maximum absolute atomic E-state index is 13.3. The van der Waals surface area contributed by atoms with Gasteiger partial charge in [-0.15, -0.1) is 0 Å². The number of carbonyl (C=O) groups is 1. The van der Waals surface area contributed by atoms with Crippen LogP contribution in [0.25, 0.3) is 0 Å². The fourth-order valence-corrected chi connectivity index (χ4v) is 2.44. The minimum atomic E-state index is -0.788. The van der Waals surface area contributed by atoms with Crippen LogP contribution >= 0.6 is 15.9 Å². The smallest absolute Gasteiger partial charge is 0.251 e. The largest absolute Gasteiger partial charge is 0.388 e. The topological polar surface area (TPSA) is 49.3 Å². The molecule has 0 saturated heterocycles. The number of nitrogens with one attached hydrogen (secondary N) is 1. The molecule has 1 amide bonds. The Labute approximate surface area is 114 Å². The zero-order chi connectivity index (χ0) is 13.2. The maximum Gasteiger partial charge on any atom is 0.251 e. The van der Waals surface area contributed by atoms with Gasteiger partial charge in [0.15, 0.2) is 0 Å². The number of benzene rings is 1. The summed E-state index contributed by atoms with van der Waals surface area (Å²) in [7, 11) is 0. The highest BCUT2D eigenvalue weighted by molar-refractivity contribution is 9.10. The summed E-state index contributed by atoms with van der Waals surface area (Å²) in [5.41, 5.74) is -0.527. The van der Waals surface area contributed by atoms with Crippen molar-refractivity contribution in [3.63, 3.8) is 0 Å². The lowest BCUT2D eigenvalue weighted by molar-refractivity contribution is 0.0449. The summed E-state index contributed by atoms with van der Waals surface area (Å²) < 4.78 is 13.6. The molecule has 5 heteroatoms. The molecule has 0 bridgehead atoms. The standard InChI is InChI=1S/C13H15BrFNO2/c14-10-4-3-9(7-11(10)15)12(17)16-8-13(18)5-1-2-6-13/h3-4,7,18H,1-2,5-6,8H2,(H,16,17). The average Bonchev–Trinajstić information content (AvgIpc) is 2.77. The predicted molar refractivity (Wildman–Crippen MR) is 69.9 cm³/mol. The van der Waals surface area contributed by atoms with Gasteiger partial charge in [0.1, 0.15) is 5.82 Å². The van der Waals surface area contributed by atoms with Gasteiger partial charge < -0.3 is 10.4 Å². The second-order valence-corrected chi connectivity index (χ2v) is 5.60. The molecule has 0 unspecified atom stereocenters. The second-order valence-electron chi connectivity index (χ2n) is 4.74. The molecule has 98 valence electrons. The quantitative estimate of drug-likeness (QED) is 0.901. The number of amides is 1. The van der Waals surface area contributed by atoms with Crippen LogP contribution in [-0.2, 0) is 0 Å². The molecule has 1 aliphatic carbocycles. The molecule has 18 heavy (non-hydrogen) atoms. The molecule has 0 aliphatic heterocycles. The lowest BCUT2D eigenvalue weighted by Crippen LogP contribution is -2.40. The molecule has 0 heterocycles. The fourth-order valence-electron chi connectivity index (χ4n) is 2.19. The van der Waals surface area contributed by atoms with Crippen LogP contribution in [0.15, 0.2) is 22.7 Å². The van der Waals surface area contributed by atoms with Gasteiger partial charge in [0.2, 0.25) is 0 Å². The molecule has 1 fully saturated rings. The molecule has 0 atom stereocenters. The van der Waals surface area contributed by atoms with Crippen molar-refractivity contribution in [1.82, 2.24) is 5.32 Å². The van der Waals surface area contributed by atoms with Gasteiger partial charge >= 0.3 is 0 Å². The Kier molecular flexibility index (Phi) is 4.02. The van der Waals surface area contributed by atoms with Crippen molar-refractivity contribution in [2.24, 2.45) is 0 Å². The van der Waals surface area contributed by atoms with E-state index < -0.39 is 11.4 Å². The predicted octanol–water partition coefficient (Wildman–Crippen LogP) is 2.62. The third-order valence-corrected chi connectivity index (χ3v) is 3.94. The van der Waals surface area contributed by atoms with Gasteiger partial charge in [0.05, 0.1) is 10.1 Å². The van der Waals surface area contributed by atoms with Crippen molar-refractivity contribution in [1.29, 1.82) is 0 Å². The van der Waals surface area contributed by atoms with Crippen LogP contribution < -0.4 is 5.32 Å². The molecule has 0 aromatic heterocycles. The zero-order valence-electron chi connectivity index (χ0n) is 9.88. The van der Waals surface area contributed by atoms with Crippen molar-refractivity contribution in [2.45, 2.75) is 31.3 Å². The van der Waals surface area contributed by atoms with E-state index in [1.807, 2.05) is 0 Å². The van der Waals surface area contributed by atoms with Gasteiger partial charge in [0.25, 0.3) is 5.91 Å². The van der Waals surface area contributed by atoms with Gasteiger partial charge in [-0.3, -0.25) is 4.79 Å². The summed E-state index contributed by atoms with van der Waals surface area (Å²) in [6.07, 6.45) is 3.39. The van der Waals surface area contributed by atoms with Gasteiger partial charge in [-0.2, -0.15) is 0 Å². The Balaban J connectivity index is 1.97. The lowest BCUT2D eigenvalue weighted by atomic mass is 10.0. The summed E-state index contributed by atoms with van der Waals surface area (Å²) in [5.74, 6) is -0.830. The van der Waals surface area contributed by atoms with E-state index in [1.165, 1.54) is 12.1 Å². The highest BCUT2D eigenvalue weighted by Crippen LogP contribution is 2.28. The third-order valence-electron chi connectivity index (χ3n) is 3.29. The number of aliphatic hydroxyl groups is 1. The van der Waals surface area contributed by atoms with E-state index in [0.29, 0.717) is 17.3 Å². The number of hydrogen-bond acceptors (Lipinski definition) is 2. The van der Waals surface area contributed by atoms with Crippen LogP contribution in [0.4, 0.5) is 4.39 Å². The van der Waals surface area contributed by atoms with E-state index in [2.05, 4.69) is 21.2 Å². The van der Waals surface area contributed by atoms with Crippen LogP contribution in [0.5, 0.6) is 0 Å². The maximum atomic E-state index is 13.3. The second kappa shape index (κ2) is 5.36. The first-order valence-corrected chi connectivity index (χ1v) is 6.75. The SMILES string of the molecule is O=C(NCC1(O)CCCC1)c1ccc(Br)c(F)c1. The minimum absolute atomic E-state index is 0.226. The molecule has 0 radical (unpaired) electrons. The van der Waals surface area contributed by atoms with Crippen LogP contribution in [0.3, 0.4) is 0 Å².